The first kappa shape index (κ1) is 9.96. The number of nitro groups is 1. The maximum Gasteiger partial charge on any atom is 0.281 e. The number of hydrogen-bond acceptors (Lipinski definition) is 3. The van der Waals surface area contributed by atoms with E-state index in [9.17, 15) is 10.1 Å². The quantitative estimate of drug-likeness (QED) is 0.545. The molecule has 4 heteroatoms. The lowest BCUT2D eigenvalue weighted by Crippen LogP contribution is -2.12. The predicted octanol–water partition coefficient (Wildman–Crippen LogP) is 3.11. The zero-order valence-electron chi connectivity index (χ0n) is 9.30. The van der Waals surface area contributed by atoms with Gasteiger partial charge >= 0.3 is 0 Å². The molecular weight excluding hydrogens is 216 g/mol. The van der Waals surface area contributed by atoms with Gasteiger partial charge in [-0.15, -0.1) is 0 Å². The van der Waals surface area contributed by atoms with E-state index in [1.807, 2.05) is 30.3 Å². The summed E-state index contributed by atoms with van der Waals surface area (Å²) in [6.45, 7) is 1.78. The van der Waals surface area contributed by atoms with Gasteiger partial charge in [-0.2, -0.15) is 0 Å². The Morgan fingerprint density at radius 2 is 2.12 bits per heavy atom. The molecule has 4 nitrogen and oxygen atoms in total. The van der Waals surface area contributed by atoms with E-state index in [4.69, 9.17) is 0 Å². The molecular formula is C13H10N2O2. The van der Waals surface area contributed by atoms with Gasteiger partial charge in [0.25, 0.3) is 5.70 Å². The second kappa shape index (κ2) is 3.38. The Morgan fingerprint density at radius 1 is 1.35 bits per heavy atom. The summed E-state index contributed by atoms with van der Waals surface area (Å²) >= 11 is 0. The fourth-order valence-corrected chi connectivity index (χ4v) is 2.33. The summed E-state index contributed by atoms with van der Waals surface area (Å²) in [5, 5.41) is 11.2. The smallest absolute Gasteiger partial charge is 0.258 e. The van der Waals surface area contributed by atoms with Crippen LogP contribution in [0.25, 0.3) is 5.57 Å². The monoisotopic (exact) mass is 226 g/mol. The fourth-order valence-electron chi connectivity index (χ4n) is 2.33. The summed E-state index contributed by atoms with van der Waals surface area (Å²) in [4.78, 5) is 15.3. The lowest BCUT2D eigenvalue weighted by Gasteiger charge is -2.11. The standard InChI is InChI=1S/C13H10N2O2/c1-8-6-7-11-12(13(8)15(16)17)9-4-2-3-5-10(9)14-11/h2-6H,7H2,1H3. The Balaban J connectivity index is 2.33. The summed E-state index contributed by atoms with van der Waals surface area (Å²) in [5.41, 5.74) is 4.14. The van der Waals surface area contributed by atoms with Gasteiger partial charge < -0.3 is 0 Å². The van der Waals surface area contributed by atoms with Gasteiger partial charge in [0.1, 0.15) is 0 Å². The van der Waals surface area contributed by atoms with Crippen molar-refractivity contribution in [1.29, 1.82) is 0 Å². The molecule has 0 saturated carbocycles. The summed E-state index contributed by atoms with van der Waals surface area (Å²) < 4.78 is 0. The van der Waals surface area contributed by atoms with E-state index in [1.54, 1.807) is 6.92 Å². The number of fused-ring (bicyclic) bond motifs is 3. The molecule has 0 N–H and O–H groups in total. The highest BCUT2D eigenvalue weighted by atomic mass is 16.6. The largest absolute Gasteiger partial charge is 0.281 e. The molecule has 1 aliphatic heterocycles. The van der Waals surface area contributed by atoms with Crippen molar-refractivity contribution >= 4 is 17.0 Å². The molecule has 1 aromatic carbocycles. The molecule has 0 radical (unpaired) electrons. The average molecular weight is 226 g/mol. The highest BCUT2D eigenvalue weighted by Gasteiger charge is 2.33. The van der Waals surface area contributed by atoms with Crippen molar-refractivity contribution in [3.8, 4) is 0 Å². The molecule has 1 aromatic rings. The third kappa shape index (κ3) is 1.34. The summed E-state index contributed by atoms with van der Waals surface area (Å²) in [5.74, 6) is 0. The third-order valence-corrected chi connectivity index (χ3v) is 3.11. The van der Waals surface area contributed by atoms with Crippen LogP contribution in [0, 0.1) is 10.1 Å². The van der Waals surface area contributed by atoms with E-state index >= 15 is 0 Å². The highest BCUT2D eigenvalue weighted by molar-refractivity contribution is 6.31. The maximum absolute atomic E-state index is 11.2. The number of aliphatic imine (C=N–C) groups is 1. The van der Waals surface area contributed by atoms with Crippen LogP contribution in [0.3, 0.4) is 0 Å². The number of para-hydroxylation sites is 1. The first-order valence-electron chi connectivity index (χ1n) is 5.41. The first-order chi connectivity index (χ1) is 8.18. The Hall–Kier alpha value is -2.23. The Labute approximate surface area is 98.1 Å². The van der Waals surface area contributed by atoms with Crippen molar-refractivity contribution in [2.75, 3.05) is 0 Å². The number of allylic oxidation sites excluding steroid dienone is 3. The topological polar surface area (TPSA) is 55.5 Å². The molecule has 17 heavy (non-hydrogen) atoms. The number of nitrogens with zero attached hydrogens (tertiary/aromatic N) is 2. The van der Waals surface area contributed by atoms with Gasteiger partial charge in [0, 0.05) is 17.6 Å². The Morgan fingerprint density at radius 3 is 2.88 bits per heavy atom. The van der Waals surface area contributed by atoms with Crippen LogP contribution in [0.2, 0.25) is 0 Å². The second-order valence-electron chi connectivity index (χ2n) is 4.15. The zero-order valence-corrected chi connectivity index (χ0v) is 9.30. The third-order valence-electron chi connectivity index (χ3n) is 3.11. The minimum Gasteiger partial charge on any atom is -0.258 e. The van der Waals surface area contributed by atoms with Crippen molar-refractivity contribution in [2.24, 2.45) is 4.99 Å². The predicted molar refractivity (Wildman–Crippen MR) is 65.8 cm³/mol. The summed E-state index contributed by atoms with van der Waals surface area (Å²) in [7, 11) is 0. The van der Waals surface area contributed by atoms with Gasteiger partial charge in [-0.25, -0.2) is 0 Å². The SMILES string of the molecule is CC1=CCC2=Nc3ccccc3C2=C1[N+](=O)[O-]. The van der Waals surface area contributed by atoms with Gasteiger partial charge in [-0.3, -0.25) is 15.1 Å². The van der Waals surface area contributed by atoms with E-state index in [0.29, 0.717) is 12.0 Å². The van der Waals surface area contributed by atoms with Crippen LogP contribution in [0.5, 0.6) is 0 Å². The second-order valence-corrected chi connectivity index (χ2v) is 4.15. The van der Waals surface area contributed by atoms with Crippen LogP contribution < -0.4 is 0 Å². The van der Waals surface area contributed by atoms with Crippen molar-refractivity contribution in [2.45, 2.75) is 13.3 Å². The molecule has 1 aliphatic carbocycles. The van der Waals surface area contributed by atoms with Crippen LogP contribution in [-0.4, -0.2) is 10.6 Å². The van der Waals surface area contributed by atoms with Crippen molar-refractivity contribution < 1.29 is 4.92 Å². The molecule has 0 bridgehead atoms. The van der Waals surface area contributed by atoms with E-state index < -0.39 is 0 Å². The molecule has 0 spiro atoms. The minimum absolute atomic E-state index is 0.194. The molecule has 0 fully saturated rings. The maximum atomic E-state index is 11.2. The lowest BCUT2D eigenvalue weighted by molar-refractivity contribution is -0.419. The van der Waals surface area contributed by atoms with Crippen LogP contribution in [0.15, 0.2) is 46.6 Å². The molecule has 3 rings (SSSR count). The van der Waals surface area contributed by atoms with E-state index in [0.717, 1.165) is 22.5 Å². The van der Waals surface area contributed by atoms with Crippen molar-refractivity contribution in [1.82, 2.24) is 0 Å². The van der Waals surface area contributed by atoms with E-state index in [1.165, 1.54) is 0 Å². The van der Waals surface area contributed by atoms with E-state index in [-0.39, 0.29) is 10.6 Å². The first-order valence-corrected chi connectivity index (χ1v) is 5.41. The fraction of sp³-hybridized carbons (Fsp3) is 0.154. The molecule has 0 saturated heterocycles. The summed E-state index contributed by atoms with van der Waals surface area (Å²) in [6.07, 6.45) is 2.54. The van der Waals surface area contributed by atoms with Gasteiger partial charge in [0.15, 0.2) is 0 Å². The average Bonchev–Trinajstić information content (AvgIpc) is 2.67. The van der Waals surface area contributed by atoms with E-state index in [2.05, 4.69) is 4.99 Å². The Kier molecular flexibility index (Phi) is 1.98. The van der Waals surface area contributed by atoms with Gasteiger partial charge in [0.05, 0.1) is 21.9 Å². The number of hydrogen-bond donors (Lipinski definition) is 0. The van der Waals surface area contributed by atoms with Crippen molar-refractivity contribution in [3.05, 3.63) is 57.3 Å². The summed E-state index contributed by atoms with van der Waals surface area (Å²) in [6, 6.07) is 7.56. The molecule has 1 heterocycles. The van der Waals surface area contributed by atoms with Crippen molar-refractivity contribution in [3.63, 3.8) is 0 Å². The van der Waals surface area contributed by atoms with Crippen LogP contribution in [-0.2, 0) is 0 Å². The number of rotatable bonds is 1. The minimum atomic E-state index is -0.308. The van der Waals surface area contributed by atoms with Gasteiger partial charge in [-0.1, -0.05) is 24.3 Å². The highest BCUT2D eigenvalue weighted by Crippen LogP contribution is 2.41. The van der Waals surface area contributed by atoms with Gasteiger partial charge in [-0.05, 0) is 13.0 Å². The molecule has 0 atom stereocenters. The lowest BCUT2D eigenvalue weighted by atomic mass is 9.91. The molecule has 84 valence electrons. The Bertz CT molecular complexity index is 624. The van der Waals surface area contributed by atoms with Gasteiger partial charge in [0.2, 0.25) is 0 Å². The van der Waals surface area contributed by atoms with Crippen LogP contribution in [0.1, 0.15) is 18.9 Å². The molecule has 0 aromatic heterocycles. The number of benzene rings is 1. The normalized spacial score (nSPS) is 17.2. The molecule has 2 aliphatic rings. The van der Waals surface area contributed by atoms with Crippen LogP contribution >= 0.6 is 0 Å². The molecule has 0 amide bonds. The van der Waals surface area contributed by atoms with Crippen LogP contribution in [0.4, 0.5) is 5.69 Å². The molecule has 0 unspecified atom stereocenters. The zero-order chi connectivity index (χ0) is 12.0.